The fraction of sp³-hybridized carbons (Fsp3) is 0.444. The number of carbonyl (C=O) groups excluding carboxylic acids is 1. The fourth-order valence-corrected chi connectivity index (χ4v) is 4.39. The Kier molecular flexibility index (Phi) is 3.06. The zero-order valence-electron chi connectivity index (χ0n) is 12.3. The molecule has 1 N–H and O–H groups in total. The number of rotatable bonds is 2. The quantitative estimate of drug-likeness (QED) is 0.850. The van der Waals surface area contributed by atoms with Crippen LogP contribution in [0.3, 0.4) is 0 Å². The molecule has 2 bridgehead atoms. The van der Waals surface area contributed by atoms with Crippen molar-refractivity contribution >= 4 is 11.9 Å². The van der Waals surface area contributed by atoms with E-state index in [1.807, 2.05) is 29.2 Å². The minimum absolute atomic E-state index is 0.0266. The Hall–Kier alpha value is -2.10. The van der Waals surface area contributed by atoms with Gasteiger partial charge in [0.25, 0.3) is 0 Å². The van der Waals surface area contributed by atoms with Crippen LogP contribution in [0.1, 0.15) is 17.5 Å². The monoisotopic (exact) mass is 297 g/mol. The average molecular weight is 297 g/mol. The Morgan fingerprint density at radius 2 is 1.73 bits per heavy atom. The van der Waals surface area contributed by atoms with Gasteiger partial charge in [-0.25, -0.2) is 0 Å². The van der Waals surface area contributed by atoms with E-state index in [9.17, 15) is 14.7 Å². The maximum Gasteiger partial charge on any atom is 0.307 e. The topological polar surface area (TPSA) is 57.6 Å². The molecule has 0 aromatic heterocycles. The predicted octanol–water partition coefficient (Wildman–Crippen LogP) is 2.09. The van der Waals surface area contributed by atoms with Crippen molar-refractivity contribution in [2.75, 3.05) is 6.54 Å². The van der Waals surface area contributed by atoms with Crippen molar-refractivity contribution in [1.82, 2.24) is 4.90 Å². The molecule has 4 rings (SSSR count). The number of fused-ring (bicyclic) bond motifs is 3. The smallest absolute Gasteiger partial charge is 0.307 e. The summed E-state index contributed by atoms with van der Waals surface area (Å²) < 4.78 is 0. The van der Waals surface area contributed by atoms with Gasteiger partial charge in [-0.1, -0.05) is 36.4 Å². The van der Waals surface area contributed by atoms with E-state index in [1.165, 1.54) is 11.1 Å². The first-order valence-electron chi connectivity index (χ1n) is 7.92. The molecule has 0 radical (unpaired) electrons. The van der Waals surface area contributed by atoms with E-state index in [-0.39, 0.29) is 23.7 Å². The molecular weight excluding hydrogens is 278 g/mol. The molecule has 1 heterocycles. The highest BCUT2D eigenvalue weighted by Crippen LogP contribution is 2.49. The Labute approximate surface area is 129 Å². The number of nitrogens with zero attached hydrogens (tertiary/aromatic N) is 1. The number of carbonyl (C=O) groups is 2. The summed E-state index contributed by atoms with van der Waals surface area (Å²) in [4.78, 5) is 26.4. The van der Waals surface area contributed by atoms with Crippen molar-refractivity contribution in [2.24, 2.45) is 23.7 Å². The van der Waals surface area contributed by atoms with Crippen molar-refractivity contribution in [3.63, 3.8) is 0 Å². The van der Waals surface area contributed by atoms with E-state index in [2.05, 4.69) is 12.1 Å². The summed E-state index contributed by atoms with van der Waals surface area (Å²) in [5.74, 6) is -1.58. The van der Waals surface area contributed by atoms with E-state index in [1.54, 1.807) is 0 Å². The van der Waals surface area contributed by atoms with E-state index in [4.69, 9.17) is 0 Å². The Morgan fingerprint density at radius 1 is 1.05 bits per heavy atom. The van der Waals surface area contributed by atoms with Crippen molar-refractivity contribution < 1.29 is 14.7 Å². The highest BCUT2D eigenvalue weighted by atomic mass is 16.4. The number of carboxylic acids is 1. The average Bonchev–Trinajstić information content (AvgIpc) is 3.14. The van der Waals surface area contributed by atoms with Crippen LogP contribution in [0.15, 0.2) is 36.4 Å². The van der Waals surface area contributed by atoms with Crippen LogP contribution in [0.5, 0.6) is 0 Å². The first kappa shape index (κ1) is 13.6. The molecule has 1 saturated carbocycles. The van der Waals surface area contributed by atoms with Crippen LogP contribution in [0.4, 0.5) is 0 Å². The number of benzene rings is 1. The van der Waals surface area contributed by atoms with Crippen molar-refractivity contribution in [2.45, 2.75) is 19.4 Å². The fourth-order valence-electron chi connectivity index (χ4n) is 4.39. The summed E-state index contributed by atoms with van der Waals surface area (Å²) >= 11 is 0. The summed E-state index contributed by atoms with van der Waals surface area (Å²) in [6.45, 7) is 1.30. The lowest BCUT2D eigenvalue weighted by atomic mass is 9.81. The second-order valence-electron chi connectivity index (χ2n) is 6.62. The number of hydrogen-bond donors (Lipinski definition) is 1. The molecule has 4 atom stereocenters. The van der Waals surface area contributed by atoms with Gasteiger partial charge in [0.15, 0.2) is 0 Å². The van der Waals surface area contributed by atoms with Crippen LogP contribution in [0.2, 0.25) is 0 Å². The molecule has 4 heteroatoms. The van der Waals surface area contributed by atoms with Crippen molar-refractivity contribution in [1.29, 1.82) is 0 Å². The molecule has 1 aliphatic heterocycles. The van der Waals surface area contributed by atoms with Gasteiger partial charge in [-0.15, -0.1) is 0 Å². The molecule has 1 aromatic carbocycles. The largest absolute Gasteiger partial charge is 0.481 e. The summed E-state index contributed by atoms with van der Waals surface area (Å²) in [6.07, 6.45) is 5.71. The zero-order chi connectivity index (χ0) is 15.3. The van der Waals surface area contributed by atoms with Gasteiger partial charge in [-0.2, -0.15) is 0 Å². The highest BCUT2D eigenvalue weighted by molar-refractivity contribution is 5.87. The third kappa shape index (κ3) is 1.97. The normalized spacial score (nSPS) is 32.1. The SMILES string of the molecule is O=C(O)[C@H]1[C@@H](C(=O)N2CCc3ccccc3C2)[C@H]2C=C[C@H]1C2. The van der Waals surface area contributed by atoms with Crippen molar-refractivity contribution in [3.05, 3.63) is 47.5 Å². The van der Waals surface area contributed by atoms with Crippen LogP contribution in [0.25, 0.3) is 0 Å². The molecule has 2 aliphatic carbocycles. The third-order valence-electron chi connectivity index (χ3n) is 5.47. The van der Waals surface area contributed by atoms with Gasteiger partial charge in [0, 0.05) is 13.1 Å². The zero-order valence-corrected chi connectivity index (χ0v) is 12.3. The summed E-state index contributed by atoms with van der Waals surface area (Å²) in [5.41, 5.74) is 2.49. The van der Waals surface area contributed by atoms with Gasteiger partial charge in [-0.3, -0.25) is 9.59 Å². The predicted molar refractivity (Wildman–Crippen MR) is 80.9 cm³/mol. The Bertz CT molecular complexity index is 666. The van der Waals surface area contributed by atoms with Gasteiger partial charge in [0.1, 0.15) is 0 Å². The molecule has 0 unspecified atom stereocenters. The molecule has 3 aliphatic rings. The van der Waals surface area contributed by atoms with Crippen LogP contribution in [-0.2, 0) is 22.6 Å². The van der Waals surface area contributed by atoms with Crippen LogP contribution in [0, 0.1) is 23.7 Å². The van der Waals surface area contributed by atoms with Crippen LogP contribution < -0.4 is 0 Å². The molecule has 0 spiro atoms. The lowest BCUT2D eigenvalue weighted by Gasteiger charge is -2.34. The first-order valence-corrected chi connectivity index (χ1v) is 7.92. The molecular formula is C18H19NO3. The molecule has 114 valence electrons. The molecule has 1 amide bonds. The maximum absolute atomic E-state index is 12.9. The highest BCUT2D eigenvalue weighted by Gasteiger charge is 2.52. The summed E-state index contributed by atoms with van der Waals surface area (Å²) in [7, 11) is 0. The number of allylic oxidation sites excluding steroid dienone is 2. The second kappa shape index (κ2) is 4.97. The lowest BCUT2D eigenvalue weighted by molar-refractivity contribution is -0.151. The second-order valence-corrected chi connectivity index (χ2v) is 6.62. The lowest BCUT2D eigenvalue weighted by Crippen LogP contribution is -2.44. The van der Waals surface area contributed by atoms with Crippen LogP contribution >= 0.6 is 0 Å². The number of aliphatic carboxylic acids is 1. The molecule has 1 fully saturated rings. The molecule has 22 heavy (non-hydrogen) atoms. The first-order chi connectivity index (χ1) is 10.6. The molecule has 0 saturated heterocycles. The summed E-state index contributed by atoms with van der Waals surface area (Å²) in [5, 5.41) is 9.51. The van der Waals surface area contributed by atoms with Gasteiger partial charge >= 0.3 is 5.97 Å². The van der Waals surface area contributed by atoms with Crippen LogP contribution in [-0.4, -0.2) is 28.4 Å². The van der Waals surface area contributed by atoms with E-state index in [0.29, 0.717) is 13.1 Å². The van der Waals surface area contributed by atoms with Gasteiger partial charge in [0.05, 0.1) is 11.8 Å². The number of carboxylic acid groups (broad SMARTS) is 1. The molecule has 1 aromatic rings. The summed E-state index contributed by atoms with van der Waals surface area (Å²) in [6, 6.07) is 8.19. The van der Waals surface area contributed by atoms with Crippen molar-refractivity contribution in [3.8, 4) is 0 Å². The van der Waals surface area contributed by atoms with E-state index in [0.717, 1.165) is 12.8 Å². The number of amides is 1. The van der Waals surface area contributed by atoms with Gasteiger partial charge in [0.2, 0.25) is 5.91 Å². The Morgan fingerprint density at radius 3 is 2.45 bits per heavy atom. The Balaban J connectivity index is 1.58. The third-order valence-corrected chi connectivity index (χ3v) is 5.47. The van der Waals surface area contributed by atoms with Gasteiger partial charge < -0.3 is 10.0 Å². The minimum Gasteiger partial charge on any atom is -0.481 e. The number of hydrogen-bond acceptors (Lipinski definition) is 2. The van der Waals surface area contributed by atoms with E-state index < -0.39 is 11.9 Å². The van der Waals surface area contributed by atoms with Gasteiger partial charge in [-0.05, 0) is 35.8 Å². The molecule has 4 nitrogen and oxygen atoms in total. The minimum atomic E-state index is -0.826. The van der Waals surface area contributed by atoms with E-state index >= 15 is 0 Å². The standard InChI is InChI=1S/C18H19NO3/c20-17(15-12-5-6-13(9-12)16(15)18(21)22)19-8-7-11-3-1-2-4-14(11)10-19/h1-6,12-13,15-16H,7-10H2,(H,21,22)/t12-,13-,15-,16+/m0/s1. The maximum atomic E-state index is 12.9.